The number of aromatic amines is 1. The second-order valence-electron chi connectivity index (χ2n) is 7.59. The van der Waals surface area contributed by atoms with Gasteiger partial charge in [-0.15, -0.1) is 0 Å². The Morgan fingerprint density at radius 2 is 2.13 bits per heavy atom. The molecule has 0 radical (unpaired) electrons. The Hall–Kier alpha value is -3.17. The van der Waals surface area contributed by atoms with E-state index in [9.17, 15) is 4.39 Å². The highest BCUT2D eigenvalue weighted by Crippen LogP contribution is 2.31. The van der Waals surface area contributed by atoms with Gasteiger partial charge in [0.15, 0.2) is 5.82 Å². The summed E-state index contributed by atoms with van der Waals surface area (Å²) in [4.78, 5) is 14.7. The summed E-state index contributed by atoms with van der Waals surface area (Å²) in [5.41, 5.74) is 9.08. The van der Waals surface area contributed by atoms with E-state index in [1.165, 1.54) is 17.1 Å². The number of H-pyrrole nitrogens is 1. The minimum Gasteiger partial charge on any atom is -0.400 e. The van der Waals surface area contributed by atoms with Crippen LogP contribution < -0.4 is 16.5 Å². The first-order valence-corrected chi connectivity index (χ1v) is 9.80. The van der Waals surface area contributed by atoms with Crippen LogP contribution in [0.4, 0.5) is 10.2 Å². The van der Waals surface area contributed by atoms with Gasteiger partial charge in [0, 0.05) is 48.0 Å². The molecule has 3 aromatic rings. The van der Waals surface area contributed by atoms with Crippen LogP contribution in [-0.2, 0) is 4.74 Å². The average molecular weight is 411 g/mol. The fraction of sp³-hybridized carbons (Fsp3) is 0.333. The second-order valence-corrected chi connectivity index (χ2v) is 7.59. The number of hydrogen-bond donors (Lipinski definition) is 3. The zero-order chi connectivity index (χ0) is 21.4. The lowest BCUT2D eigenvalue weighted by atomic mass is 10.1. The quantitative estimate of drug-likeness (QED) is 0.447. The second kappa shape index (κ2) is 7.92. The van der Waals surface area contributed by atoms with Crippen LogP contribution in [0.1, 0.15) is 19.5 Å². The maximum Gasteiger partial charge on any atom is 0.162 e. The zero-order valence-electron chi connectivity index (χ0n) is 17.3. The first kappa shape index (κ1) is 20.1. The smallest absolute Gasteiger partial charge is 0.162 e. The van der Waals surface area contributed by atoms with Gasteiger partial charge in [0.1, 0.15) is 11.6 Å². The van der Waals surface area contributed by atoms with Gasteiger partial charge in [-0.2, -0.15) is 0 Å². The average Bonchev–Trinajstić information content (AvgIpc) is 3.15. The summed E-state index contributed by atoms with van der Waals surface area (Å²) in [5, 5.41) is 2.27. The first-order valence-electron chi connectivity index (χ1n) is 9.80. The van der Waals surface area contributed by atoms with Gasteiger partial charge in [-0.05, 0) is 32.0 Å². The standard InChI is InChI=1S/C21H26FN7O/c1-12-11-30-7-6-29(12)19-10-18(20(13(2)23)28(3)24)26-21(27-19)16-8-14(22)9-17-15(16)4-5-25-17/h4-5,8-10,12,25H,6-7,11,23-24H2,1-3H3/b20-13-. The summed E-state index contributed by atoms with van der Waals surface area (Å²) in [5.74, 6) is 6.81. The molecule has 3 heterocycles. The molecule has 8 nitrogen and oxygen atoms in total. The normalized spacial score (nSPS) is 17.9. The predicted molar refractivity (Wildman–Crippen MR) is 116 cm³/mol. The Morgan fingerprint density at radius 1 is 1.33 bits per heavy atom. The van der Waals surface area contributed by atoms with Crippen molar-refractivity contribution in [1.82, 2.24) is 20.0 Å². The highest BCUT2D eigenvalue weighted by atomic mass is 19.1. The molecule has 1 aliphatic heterocycles. The minimum absolute atomic E-state index is 0.135. The van der Waals surface area contributed by atoms with Crippen molar-refractivity contribution in [1.29, 1.82) is 0 Å². The Balaban J connectivity index is 1.96. The number of morpholine rings is 1. The van der Waals surface area contributed by atoms with Crippen molar-refractivity contribution >= 4 is 22.4 Å². The lowest BCUT2D eigenvalue weighted by molar-refractivity contribution is 0.0985. The zero-order valence-corrected chi connectivity index (χ0v) is 17.3. The van der Waals surface area contributed by atoms with E-state index in [-0.39, 0.29) is 11.9 Å². The van der Waals surface area contributed by atoms with Crippen molar-refractivity contribution in [3.63, 3.8) is 0 Å². The van der Waals surface area contributed by atoms with E-state index in [1.54, 1.807) is 20.2 Å². The van der Waals surface area contributed by atoms with Gasteiger partial charge >= 0.3 is 0 Å². The molecule has 9 heteroatoms. The van der Waals surface area contributed by atoms with E-state index in [4.69, 9.17) is 26.3 Å². The molecule has 1 atom stereocenters. The van der Waals surface area contributed by atoms with Crippen LogP contribution in [0.2, 0.25) is 0 Å². The fourth-order valence-corrected chi connectivity index (χ4v) is 3.87. The number of benzene rings is 1. The number of halogens is 1. The molecular weight excluding hydrogens is 385 g/mol. The van der Waals surface area contributed by atoms with Gasteiger partial charge in [-0.1, -0.05) is 0 Å². The molecule has 4 rings (SSSR count). The van der Waals surface area contributed by atoms with Gasteiger partial charge in [0.2, 0.25) is 0 Å². The third-order valence-electron chi connectivity index (χ3n) is 5.22. The number of nitrogens with one attached hydrogen (secondary N) is 1. The van der Waals surface area contributed by atoms with Crippen molar-refractivity contribution in [2.75, 3.05) is 31.7 Å². The summed E-state index contributed by atoms with van der Waals surface area (Å²) in [6, 6.07) is 6.80. The highest BCUT2D eigenvalue weighted by molar-refractivity contribution is 5.93. The van der Waals surface area contributed by atoms with Crippen LogP contribution in [0.25, 0.3) is 28.0 Å². The fourth-order valence-electron chi connectivity index (χ4n) is 3.87. The Morgan fingerprint density at radius 3 is 2.83 bits per heavy atom. The minimum atomic E-state index is -0.364. The number of allylic oxidation sites excluding steroid dienone is 1. The van der Waals surface area contributed by atoms with E-state index >= 15 is 0 Å². The molecule has 0 bridgehead atoms. The van der Waals surface area contributed by atoms with E-state index in [1.807, 2.05) is 12.1 Å². The molecule has 158 valence electrons. The number of nitrogens with zero attached hydrogens (tertiary/aromatic N) is 4. The third kappa shape index (κ3) is 3.69. The number of fused-ring (bicyclic) bond motifs is 1. The number of aromatic nitrogens is 3. The molecule has 1 aromatic carbocycles. The van der Waals surface area contributed by atoms with E-state index in [0.29, 0.717) is 53.8 Å². The number of ether oxygens (including phenoxy) is 1. The lowest BCUT2D eigenvalue weighted by Crippen LogP contribution is -2.44. The van der Waals surface area contributed by atoms with Crippen LogP contribution in [0, 0.1) is 5.82 Å². The maximum atomic E-state index is 14.3. The highest BCUT2D eigenvalue weighted by Gasteiger charge is 2.24. The Bertz CT molecular complexity index is 1100. The molecule has 0 aliphatic carbocycles. The molecule has 1 fully saturated rings. The summed E-state index contributed by atoms with van der Waals surface area (Å²) < 4.78 is 19.9. The lowest BCUT2D eigenvalue weighted by Gasteiger charge is -2.34. The predicted octanol–water partition coefficient (Wildman–Crippen LogP) is 2.44. The molecular formula is C21H26FN7O. The Kier molecular flexibility index (Phi) is 5.31. The van der Waals surface area contributed by atoms with Crippen molar-refractivity contribution in [3.8, 4) is 11.4 Å². The third-order valence-corrected chi connectivity index (χ3v) is 5.22. The van der Waals surface area contributed by atoms with Crippen molar-refractivity contribution in [2.24, 2.45) is 11.6 Å². The van der Waals surface area contributed by atoms with Crippen molar-refractivity contribution < 1.29 is 9.13 Å². The molecule has 2 aromatic heterocycles. The number of anilines is 1. The Labute approximate surface area is 174 Å². The van der Waals surface area contributed by atoms with Crippen LogP contribution in [0.3, 0.4) is 0 Å². The summed E-state index contributed by atoms with van der Waals surface area (Å²) in [6.07, 6.45) is 1.77. The van der Waals surface area contributed by atoms with Crippen LogP contribution in [0.15, 0.2) is 36.2 Å². The molecule has 1 aliphatic rings. The molecule has 0 amide bonds. The number of hydrazine groups is 1. The van der Waals surface area contributed by atoms with E-state index in [0.717, 1.165) is 11.2 Å². The number of hydrogen-bond acceptors (Lipinski definition) is 7. The number of nitrogens with two attached hydrogens (primary N) is 2. The van der Waals surface area contributed by atoms with Crippen LogP contribution in [-0.4, -0.2) is 52.8 Å². The van der Waals surface area contributed by atoms with E-state index < -0.39 is 0 Å². The van der Waals surface area contributed by atoms with Gasteiger partial charge in [-0.25, -0.2) is 20.2 Å². The van der Waals surface area contributed by atoms with Crippen LogP contribution in [0.5, 0.6) is 0 Å². The summed E-state index contributed by atoms with van der Waals surface area (Å²) in [7, 11) is 1.71. The maximum absolute atomic E-state index is 14.3. The largest absolute Gasteiger partial charge is 0.400 e. The molecule has 1 saturated heterocycles. The molecule has 1 unspecified atom stereocenters. The first-order chi connectivity index (χ1) is 14.3. The topological polar surface area (TPSA) is 109 Å². The summed E-state index contributed by atoms with van der Waals surface area (Å²) in [6.45, 7) is 5.75. The van der Waals surface area contributed by atoms with Crippen LogP contribution >= 0.6 is 0 Å². The van der Waals surface area contributed by atoms with E-state index in [2.05, 4.69) is 16.8 Å². The summed E-state index contributed by atoms with van der Waals surface area (Å²) >= 11 is 0. The SMILES string of the molecule is C/C(N)=C(\c1cc(N2CCOCC2C)nc(-c2cc(F)cc3[nH]ccc23)n1)N(C)N. The molecule has 5 N–H and O–H groups in total. The van der Waals surface area contributed by atoms with Gasteiger partial charge in [0.05, 0.1) is 30.6 Å². The monoisotopic (exact) mass is 411 g/mol. The van der Waals surface area contributed by atoms with Crippen molar-refractivity contribution in [3.05, 3.63) is 47.7 Å². The number of rotatable bonds is 4. The van der Waals surface area contributed by atoms with Gasteiger partial charge < -0.3 is 25.4 Å². The van der Waals surface area contributed by atoms with Gasteiger partial charge in [0.25, 0.3) is 0 Å². The molecule has 0 spiro atoms. The molecule has 0 saturated carbocycles. The molecule has 30 heavy (non-hydrogen) atoms. The van der Waals surface area contributed by atoms with Gasteiger partial charge in [-0.3, -0.25) is 0 Å². The van der Waals surface area contributed by atoms with Crippen molar-refractivity contribution in [2.45, 2.75) is 19.9 Å².